The molecule has 0 saturated heterocycles. The van der Waals surface area contributed by atoms with E-state index in [2.05, 4.69) is 0 Å². The van der Waals surface area contributed by atoms with Gasteiger partial charge in [-0.25, -0.2) is 4.39 Å². The second-order valence-corrected chi connectivity index (χ2v) is 2.87. The molecular weight excluding hydrogens is 181 g/mol. The Kier molecular flexibility index (Phi) is 3.03. The normalized spacial score (nSPS) is 13.0. The van der Waals surface area contributed by atoms with E-state index < -0.39 is 11.9 Å². The van der Waals surface area contributed by atoms with E-state index >= 15 is 0 Å². The van der Waals surface area contributed by atoms with Crippen LogP contribution in [-0.4, -0.2) is 11.7 Å². The molecule has 1 aromatic carbocycles. The van der Waals surface area contributed by atoms with Crippen molar-refractivity contribution in [1.82, 2.24) is 0 Å². The van der Waals surface area contributed by atoms with E-state index in [9.17, 15) is 4.39 Å². The molecule has 0 aliphatic carbocycles. The Labute approximate surface area is 74.8 Å². The van der Waals surface area contributed by atoms with Crippen LogP contribution in [0.15, 0.2) is 18.2 Å². The smallest absolute Gasteiger partial charge is 0.142 e. The molecule has 0 radical (unpaired) electrons. The Morgan fingerprint density at radius 2 is 2.25 bits per heavy atom. The third-order valence-electron chi connectivity index (χ3n) is 1.57. The molecule has 0 bridgehead atoms. The standard InChI is InChI=1S/C8H9ClFNO/c9-6-2-1-5(3-7(6)10)8(11)4-12/h1-3,8,12H,4,11H2/t8-/m1/s1. The number of halogens is 2. The van der Waals surface area contributed by atoms with Gasteiger partial charge in [0.2, 0.25) is 0 Å². The van der Waals surface area contributed by atoms with Gasteiger partial charge in [-0.15, -0.1) is 0 Å². The Hall–Kier alpha value is -0.640. The molecule has 0 aromatic heterocycles. The lowest BCUT2D eigenvalue weighted by molar-refractivity contribution is 0.268. The van der Waals surface area contributed by atoms with Crippen molar-refractivity contribution in [3.05, 3.63) is 34.6 Å². The summed E-state index contributed by atoms with van der Waals surface area (Å²) in [6, 6.07) is 3.69. The minimum atomic E-state index is -0.545. The molecule has 0 heterocycles. The van der Waals surface area contributed by atoms with Gasteiger partial charge >= 0.3 is 0 Å². The maximum Gasteiger partial charge on any atom is 0.142 e. The number of aliphatic hydroxyl groups is 1. The molecule has 12 heavy (non-hydrogen) atoms. The van der Waals surface area contributed by atoms with Crippen molar-refractivity contribution >= 4 is 11.6 Å². The molecule has 3 N–H and O–H groups in total. The lowest BCUT2D eigenvalue weighted by atomic mass is 10.1. The average molecular weight is 190 g/mol. The largest absolute Gasteiger partial charge is 0.394 e. The minimum absolute atomic E-state index is 0.0592. The molecule has 0 unspecified atom stereocenters. The fourth-order valence-corrected chi connectivity index (χ4v) is 0.966. The molecule has 1 rings (SSSR count). The number of benzene rings is 1. The first-order valence-corrected chi connectivity index (χ1v) is 3.84. The fourth-order valence-electron chi connectivity index (χ4n) is 0.848. The highest BCUT2D eigenvalue weighted by atomic mass is 35.5. The minimum Gasteiger partial charge on any atom is -0.394 e. The van der Waals surface area contributed by atoms with E-state index in [1.165, 1.54) is 12.1 Å². The van der Waals surface area contributed by atoms with Gasteiger partial charge in [-0.05, 0) is 17.7 Å². The Morgan fingerprint density at radius 1 is 1.58 bits per heavy atom. The van der Waals surface area contributed by atoms with Crippen molar-refractivity contribution in [2.45, 2.75) is 6.04 Å². The Bertz CT molecular complexity index is 280. The van der Waals surface area contributed by atoms with E-state index in [0.717, 1.165) is 0 Å². The topological polar surface area (TPSA) is 46.2 Å². The van der Waals surface area contributed by atoms with E-state index in [4.69, 9.17) is 22.4 Å². The van der Waals surface area contributed by atoms with Gasteiger partial charge in [0.15, 0.2) is 0 Å². The summed E-state index contributed by atoms with van der Waals surface area (Å²) >= 11 is 5.45. The zero-order valence-electron chi connectivity index (χ0n) is 6.30. The summed E-state index contributed by atoms with van der Waals surface area (Å²) in [5.41, 5.74) is 5.99. The van der Waals surface area contributed by atoms with Gasteiger partial charge in [-0.3, -0.25) is 0 Å². The van der Waals surface area contributed by atoms with Crippen molar-refractivity contribution < 1.29 is 9.50 Å². The third-order valence-corrected chi connectivity index (χ3v) is 1.88. The van der Waals surface area contributed by atoms with Crippen LogP contribution in [-0.2, 0) is 0 Å². The summed E-state index contributed by atoms with van der Waals surface area (Å²) in [7, 11) is 0. The first kappa shape index (κ1) is 9.45. The van der Waals surface area contributed by atoms with Crippen molar-refractivity contribution in [3.63, 3.8) is 0 Å². The number of rotatable bonds is 2. The van der Waals surface area contributed by atoms with Crippen LogP contribution in [0.1, 0.15) is 11.6 Å². The van der Waals surface area contributed by atoms with Crippen LogP contribution >= 0.6 is 11.6 Å². The summed E-state index contributed by atoms with van der Waals surface area (Å²) in [5, 5.41) is 8.73. The first-order chi connectivity index (χ1) is 5.65. The van der Waals surface area contributed by atoms with Crippen LogP contribution in [0.2, 0.25) is 5.02 Å². The van der Waals surface area contributed by atoms with Gasteiger partial charge < -0.3 is 10.8 Å². The molecule has 0 saturated carbocycles. The van der Waals surface area contributed by atoms with E-state index in [0.29, 0.717) is 5.56 Å². The lowest BCUT2D eigenvalue weighted by Crippen LogP contribution is -2.14. The summed E-state index contributed by atoms with van der Waals surface area (Å²) < 4.78 is 12.8. The zero-order valence-corrected chi connectivity index (χ0v) is 7.05. The summed E-state index contributed by atoms with van der Waals surface area (Å²) in [5.74, 6) is -0.516. The number of hydrogen-bond acceptors (Lipinski definition) is 2. The lowest BCUT2D eigenvalue weighted by Gasteiger charge is -2.08. The van der Waals surface area contributed by atoms with Crippen molar-refractivity contribution in [2.24, 2.45) is 5.73 Å². The van der Waals surface area contributed by atoms with Crippen molar-refractivity contribution in [1.29, 1.82) is 0 Å². The maximum absolute atomic E-state index is 12.8. The van der Waals surface area contributed by atoms with Crippen molar-refractivity contribution in [3.8, 4) is 0 Å². The SMILES string of the molecule is N[C@H](CO)c1ccc(Cl)c(F)c1. The zero-order chi connectivity index (χ0) is 9.14. The van der Waals surface area contributed by atoms with Crippen LogP contribution in [0.4, 0.5) is 4.39 Å². The quantitative estimate of drug-likeness (QED) is 0.740. The monoisotopic (exact) mass is 189 g/mol. The van der Waals surface area contributed by atoms with Crippen LogP contribution in [0, 0.1) is 5.82 Å². The highest BCUT2D eigenvalue weighted by Crippen LogP contribution is 2.18. The Balaban J connectivity index is 2.96. The molecular formula is C8H9ClFNO. The maximum atomic E-state index is 12.8. The highest BCUT2D eigenvalue weighted by molar-refractivity contribution is 6.30. The number of aliphatic hydroxyl groups excluding tert-OH is 1. The van der Waals surface area contributed by atoms with Gasteiger partial charge in [0.25, 0.3) is 0 Å². The molecule has 4 heteroatoms. The summed E-state index contributed by atoms with van der Waals surface area (Å²) in [6.45, 7) is -0.207. The van der Waals surface area contributed by atoms with Gasteiger partial charge in [0.1, 0.15) is 5.82 Å². The van der Waals surface area contributed by atoms with Gasteiger partial charge in [-0.2, -0.15) is 0 Å². The molecule has 0 amide bonds. The molecule has 2 nitrogen and oxygen atoms in total. The summed E-state index contributed by atoms with van der Waals surface area (Å²) in [6.07, 6.45) is 0. The molecule has 66 valence electrons. The second-order valence-electron chi connectivity index (χ2n) is 2.46. The number of nitrogens with two attached hydrogens (primary N) is 1. The van der Waals surface area contributed by atoms with Crippen molar-refractivity contribution in [2.75, 3.05) is 6.61 Å². The van der Waals surface area contributed by atoms with Gasteiger partial charge in [-0.1, -0.05) is 17.7 Å². The van der Waals surface area contributed by atoms with Crippen LogP contribution in [0.5, 0.6) is 0 Å². The second kappa shape index (κ2) is 3.85. The molecule has 0 fully saturated rings. The Morgan fingerprint density at radius 3 is 2.75 bits per heavy atom. The van der Waals surface area contributed by atoms with Crippen LogP contribution in [0.3, 0.4) is 0 Å². The predicted molar refractivity (Wildman–Crippen MR) is 45.4 cm³/mol. The van der Waals surface area contributed by atoms with Gasteiger partial charge in [0.05, 0.1) is 17.7 Å². The number of hydrogen-bond donors (Lipinski definition) is 2. The van der Waals surface area contributed by atoms with E-state index in [-0.39, 0.29) is 11.6 Å². The third kappa shape index (κ3) is 1.94. The fraction of sp³-hybridized carbons (Fsp3) is 0.250. The van der Waals surface area contributed by atoms with Gasteiger partial charge in [0, 0.05) is 0 Å². The first-order valence-electron chi connectivity index (χ1n) is 3.46. The van der Waals surface area contributed by atoms with E-state index in [1.807, 2.05) is 0 Å². The van der Waals surface area contributed by atoms with Crippen LogP contribution in [0.25, 0.3) is 0 Å². The van der Waals surface area contributed by atoms with Crippen LogP contribution < -0.4 is 5.73 Å². The highest BCUT2D eigenvalue weighted by Gasteiger charge is 2.06. The molecule has 0 aliphatic heterocycles. The molecule has 1 aromatic rings. The molecule has 1 atom stereocenters. The molecule has 0 aliphatic rings. The van der Waals surface area contributed by atoms with E-state index in [1.54, 1.807) is 6.07 Å². The molecule has 0 spiro atoms. The predicted octanol–water partition coefficient (Wildman–Crippen LogP) is 1.47. The summed E-state index contributed by atoms with van der Waals surface area (Å²) in [4.78, 5) is 0. The average Bonchev–Trinajstić information content (AvgIpc) is 2.08.